The number of pyridine rings is 1. The molecule has 1 aliphatic heterocycles. The maximum atomic E-state index is 13.0. The van der Waals surface area contributed by atoms with Gasteiger partial charge in [0.2, 0.25) is 5.91 Å². The van der Waals surface area contributed by atoms with E-state index < -0.39 is 6.10 Å². The Bertz CT molecular complexity index is 844. The van der Waals surface area contributed by atoms with Crippen LogP contribution in [-0.4, -0.2) is 63.0 Å². The van der Waals surface area contributed by atoms with Crippen molar-refractivity contribution in [3.05, 3.63) is 66.0 Å². The highest BCUT2D eigenvalue weighted by Crippen LogP contribution is 2.30. The number of hydrogen-bond acceptors (Lipinski definition) is 6. The van der Waals surface area contributed by atoms with Crippen LogP contribution in [0.4, 0.5) is 0 Å². The Labute approximate surface area is 196 Å². The van der Waals surface area contributed by atoms with Gasteiger partial charge in [-0.2, -0.15) is 11.8 Å². The van der Waals surface area contributed by atoms with Crippen molar-refractivity contribution >= 4 is 17.7 Å². The van der Waals surface area contributed by atoms with E-state index in [0.29, 0.717) is 18.2 Å². The average Bonchev–Trinajstić information content (AvgIpc) is 3.15. The van der Waals surface area contributed by atoms with Crippen LogP contribution in [0.3, 0.4) is 0 Å². The summed E-state index contributed by atoms with van der Waals surface area (Å²) in [4.78, 5) is 19.3. The molecule has 0 saturated carbocycles. The van der Waals surface area contributed by atoms with E-state index >= 15 is 0 Å². The van der Waals surface area contributed by atoms with E-state index in [1.165, 1.54) is 5.56 Å². The van der Waals surface area contributed by atoms with E-state index in [4.69, 9.17) is 5.73 Å². The molecule has 0 aliphatic carbocycles. The largest absolute Gasteiger partial charge is 0.390 e. The van der Waals surface area contributed by atoms with E-state index in [1.807, 2.05) is 75.1 Å². The van der Waals surface area contributed by atoms with Crippen molar-refractivity contribution in [1.82, 2.24) is 15.2 Å². The summed E-state index contributed by atoms with van der Waals surface area (Å²) in [5.41, 5.74) is 8.31. The molecule has 1 amide bonds. The summed E-state index contributed by atoms with van der Waals surface area (Å²) >= 11 is 1.84. The van der Waals surface area contributed by atoms with Crippen LogP contribution in [0.15, 0.2) is 54.9 Å². The molecule has 1 fully saturated rings. The minimum Gasteiger partial charge on any atom is -0.390 e. The van der Waals surface area contributed by atoms with Crippen LogP contribution < -0.4 is 11.1 Å². The van der Waals surface area contributed by atoms with Crippen molar-refractivity contribution < 1.29 is 9.90 Å². The molecule has 6 nitrogen and oxygen atoms in total. The van der Waals surface area contributed by atoms with E-state index in [0.717, 1.165) is 24.3 Å². The van der Waals surface area contributed by atoms with Gasteiger partial charge in [-0.05, 0) is 50.8 Å². The second-order valence-electron chi connectivity index (χ2n) is 9.66. The van der Waals surface area contributed by atoms with Crippen LogP contribution in [0.1, 0.15) is 38.3 Å². The number of β-amino-alcohol motifs (C(OH)–C–C–N with tert-alkyl or cyclic N) is 1. The zero-order valence-corrected chi connectivity index (χ0v) is 20.1. The Morgan fingerprint density at radius 2 is 1.97 bits per heavy atom. The molecule has 2 heterocycles. The SMILES string of the molecule is CC(C)(C)NC(=O)C1C[C@@H](SCc2cccnc2)CN1C[C@@H](O)[C@@H](N)Cc1ccccc1. The number of nitrogens with one attached hydrogen (secondary N) is 1. The Morgan fingerprint density at radius 1 is 1.25 bits per heavy atom. The molecule has 1 unspecified atom stereocenters. The number of aliphatic hydroxyl groups is 1. The predicted molar refractivity (Wildman–Crippen MR) is 131 cm³/mol. The molecule has 2 aromatic rings. The number of thioether (sulfide) groups is 1. The monoisotopic (exact) mass is 456 g/mol. The molecule has 3 rings (SSSR count). The predicted octanol–water partition coefficient (Wildman–Crippen LogP) is 2.60. The smallest absolute Gasteiger partial charge is 0.237 e. The van der Waals surface area contributed by atoms with Crippen LogP contribution >= 0.6 is 11.8 Å². The molecule has 32 heavy (non-hydrogen) atoms. The fraction of sp³-hybridized carbons (Fsp3) is 0.520. The first-order valence-corrected chi connectivity index (χ1v) is 12.3. The first-order valence-electron chi connectivity index (χ1n) is 11.3. The summed E-state index contributed by atoms with van der Waals surface area (Å²) in [6, 6.07) is 13.3. The van der Waals surface area contributed by atoms with Crippen molar-refractivity contribution in [1.29, 1.82) is 0 Å². The van der Waals surface area contributed by atoms with Crippen molar-refractivity contribution in [2.24, 2.45) is 5.73 Å². The fourth-order valence-corrected chi connectivity index (χ4v) is 5.22. The van der Waals surface area contributed by atoms with Crippen LogP contribution in [0.2, 0.25) is 0 Å². The Morgan fingerprint density at radius 3 is 2.62 bits per heavy atom. The van der Waals surface area contributed by atoms with Gasteiger partial charge in [-0.25, -0.2) is 0 Å². The molecule has 1 aliphatic rings. The lowest BCUT2D eigenvalue weighted by Crippen LogP contribution is -2.53. The van der Waals surface area contributed by atoms with Gasteiger partial charge in [0, 0.05) is 48.1 Å². The number of amides is 1. The Balaban J connectivity index is 1.63. The molecular weight excluding hydrogens is 420 g/mol. The minimum absolute atomic E-state index is 0.0193. The second-order valence-corrected chi connectivity index (χ2v) is 10.9. The molecule has 4 N–H and O–H groups in total. The molecule has 4 atom stereocenters. The summed E-state index contributed by atoms with van der Waals surface area (Å²) < 4.78 is 0. The molecule has 1 aromatic heterocycles. The highest BCUT2D eigenvalue weighted by atomic mass is 32.2. The zero-order chi connectivity index (χ0) is 23.1. The zero-order valence-electron chi connectivity index (χ0n) is 19.3. The van der Waals surface area contributed by atoms with Crippen molar-refractivity contribution in [2.45, 2.75) is 68.3 Å². The highest BCUT2D eigenvalue weighted by Gasteiger charge is 2.39. The third-order valence-corrected chi connectivity index (χ3v) is 6.92. The van der Waals surface area contributed by atoms with E-state index in [1.54, 1.807) is 6.20 Å². The van der Waals surface area contributed by atoms with Crippen molar-refractivity contribution in [3.63, 3.8) is 0 Å². The number of nitrogens with two attached hydrogens (primary N) is 1. The number of likely N-dealkylation sites (tertiary alicyclic amines) is 1. The number of hydrogen-bond donors (Lipinski definition) is 3. The topological polar surface area (TPSA) is 91.5 Å². The van der Waals surface area contributed by atoms with Crippen LogP contribution in [0.25, 0.3) is 0 Å². The molecule has 1 saturated heterocycles. The van der Waals surface area contributed by atoms with Crippen molar-refractivity contribution in [3.8, 4) is 0 Å². The summed E-state index contributed by atoms with van der Waals surface area (Å²) in [6.45, 7) is 7.11. The van der Waals surface area contributed by atoms with E-state index in [9.17, 15) is 9.90 Å². The van der Waals surface area contributed by atoms with Gasteiger partial charge in [-0.15, -0.1) is 0 Å². The van der Waals surface area contributed by atoms with E-state index in [-0.39, 0.29) is 23.5 Å². The Hall–Kier alpha value is -1.93. The maximum absolute atomic E-state index is 13.0. The molecule has 0 bridgehead atoms. The van der Waals surface area contributed by atoms with Gasteiger partial charge in [0.25, 0.3) is 0 Å². The third kappa shape index (κ3) is 7.59. The number of aliphatic hydroxyl groups excluding tert-OH is 1. The first kappa shape index (κ1) is 24.7. The lowest BCUT2D eigenvalue weighted by Gasteiger charge is -2.30. The normalized spacial score (nSPS) is 21.3. The number of carbonyl (C=O) groups is 1. The van der Waals surface area contributed by atoms with Gasteiger partial charge in [-0.3, -0.25) is 14.7 Å². The van der Waals surface area contributed by atoms with E-state index in [2.05, 4.69) is 21.3 Å². The van der Waals surface area contributed by atoms with Crippen LogP contribution in [0.5, 0.6) is 0 Å². The molecule has 7 heteroatoms. The number of aromatic nitrogens is 1. The number of benzene rings is 1. The average molecular weight is 457 g/mol. The number of carbonyl (C=O) groups excluding carboxylic acids is 1. The standard InChI is InChI=1S/C25H36N4O2S/c1-25(2,3)28-24(31)22-13-20(32-17-19-10-7-11-27-14-19)15-29(22)16-23(30)21(26)12-18-8-5-4-6-9-18/h4-11,14,20-23,30H,12-13,15-17,26H2,1-3H3,(H,28,31)/t20-,21+,22?,23-/m1/s1. The molecule has 0 radical (unpaired) electrons. The van der Waals surface area contributed by atoms with Gasteiger partial charge in [0.15, 0.2) is 0 Å². The number of rotatable bonds is 9. The fourth-order valence-electron chi connectivity index (χ4n) is 4.01. The quantitative estimate of drug-likeness (QED) is 0.537. The summed E-state index contributed by atoms with van der Waals surface area (Å²) in [6.07, 6.45) is 4.32. The van der Waals surface area contributed by atoms with Gasteiger partial charge >= 0.3 is 0 Å². The molecule has 1 aromatic carbocycles. The maximum Gasteiger partial charge on any atom is 0.237 e. The lowest BCUT2D eigenvalue weighted by molar-refractivity contribution is -0.127. The van der Waals surface area contributed by atoms with Gasteiger partial charge in [0.05, 0.1) is 12.1 Å². The van der Waals surface area contributed by atoms with Gasteiger partial charge in [0.1, 0.15) is 0 Å². The molecule has 174 valence electrons. The second kappa shape index (κ2) is 11.3. The number of nitrogens with zero attached hydrogens (tertiary/aromatic N) is 2. The summed E-state index contributed by atoms with van der Waals surface area (Å²) in [5, 5.41) is 14.3. The minimum atomic E-state index is -0.706. The van der Waals surface area contributed by atoms with Crippen molar-refractivity contribution in [2.75, 3.05) is 13.1 Å². The lowest BCUT2D eigenvalue weighted by atomic mass is 10.0. The summed E-state index contributed by atoms with van der Waals surface area (Å²) in [7, 11) is 0. The van der Waals surface area contributed by atoms with Gasteiger partial charge in [-0.1, -0.05) is 36.4 Å². The molecular formula is C25H36N4O2S. The van der Waals surface area contributed by atoms with Crippen LogP contribution in [-0.2, 0) is 17.0 Å². The summed E-state index contributed by atoms with van der Waals surface area (Å²) in [5.74, 6) is 0.876. The Kier molecular flexibility index (Phi) is 8.71. The van der Waals surface area contributed by atoms with Crippen LogP contribution in [0, 0.1) is 0 Å². The van der Waals surface area contributed by atoms with Gasteiger partial charge < -0.3 is 16.2 Å². The third-order valence-electron chi connectivity index (χ3n) is 5.60. The highest BCUT2D eigenvalue weighted by molar-refractivity contribution is 7.99. The molecule has 0 spiro atoms. The first-order chi connectivity index (χ1) is 15.2.